The third kappa shape index (κ3) is 2.55. The number of hydroxylamine groups is 1. The zero-order valence-electron chi connectivity index (χ0n) is 11.4. The van der Waals surface area contributed by atoms with E-state index in [9.17, 15) is 14.8 Å². The topological polar surface area (TPSA) is 79.7 Å². The predicted octanol–water partition coefficient (Wildman–Crippen LogP) is 1.52. The number of ether oxygens (including phenoxy) is 1. The fourth-order valence-corrected chi connectivity index (χ4v) is 2.22. The van der Waals surface area contributed by atoms with E-state index in [0.29, 0.717) is 11.4 Å². The van der Waals surface area contributed by atoms with Crippen LogP contribution in [0.25, 0.3) is 0 Å². The van der Waals surface area contributed by atoms with Gasteiger partial charge in [-0.1, -0.05) is 20.4 Å². The number of carbonyl (C=O) groups is 2. The zero-order chi connectivity index (χ0) is 14.9. The quantitative estimate of drug-likeness (QED) is 0.666. The van der Waals surface area contributed by atoms with Gasteiger partial charge in [0, 0.05) is 12.1 Å². The van der Waals surface area contributed by atoms with Gasteiger partial charge < -0.3 is 4.74 Å². The summed E-state index contributed by atoms with van der Waals surface area (Å²) >= 11 is 0. The highest BCUT2D eigenvalue weighted by Crippen LogP contribution is 2.31. The average Bonchev–Trinajstić information content (AvgIpc) is 2.39. The Hall–Kier alpha value is -2.21. The molecule has 1 aromatic heterocycles. The Morgan fingerprint density at radius 3 is 2.95 bits per heavy atom. The molecule has 1 N–H and O–H groups in total. The molecule has 6 heteroatoms. The van der Waals surface area contributed by atoms with Gasteiger partial charge in [0.25, 0.3) is 0 Å². The number of ketones is 1. The van der Waals surface area contributed by atoms with Crippen molar-refractivity contribution in [1.82, 2.24) is 4.98 Å². The van der Waals surface area contributed by atoms with E-state index in [4.69, 9.17) is 4.74 Å². The lowest BCUT2D eigenvalue weighted by atomic mass is 9.92. The van der Waals surface area contributed by atoms with Crippen LogP contribution in [0.5, 0.6) is 5.75 Å². The molecule has 0 bridgehead atoms. The van der Waals surface area contributed by atoms with Crippen molar-refractivity contribution >= 4 is 17.4 Å². The Labute approximate surface area is 116 Å². The van der Waals surface area contributed by atoms with Crippen LogP contribution in [-0.4, -0.2) is 28.0 Å². The molecule has 0 saturated carbocycles. The van der Waals surface area contributed by atoms with Gasteiger partial charge in [0.15, 0.2) is 11.5 Å². The number of hydrogen-bond acceptors (Lipinski definition) is 6. The molecule has 0 fully saturated rings. The molecule has 20 heavy (non-hydrogen) atoms. The first-order valence-corrected chi connectivity index (χ1v) is 6.28. The number of rotatable bonds is 3. The standard InChI is InChI=1S/C14H16N2O4/c1-4-13(18)20-9-5-11-10(15-7-9)6-12(17)14(8(2)3)16(11)19/h4-5,7-8,14,19H,1,6H2,2-3H3. The van der Waals surface area contributed by atoms with Gasteiger partial charge in [-0.25, -0.2) is 9.86 Å². The minimum Gasteiger partial charge on any atom is -0.422 e. The predicted molar refractivity (Wildman–Crippen MR) is 71.7 cm³/mol. The third-order valence-electron chi connectivity index (χ3n) is 3.12. The normalized spacial score (nSPS) is 17.9. The molecule has 106 valence electrons. The van der Waals surface area contributed by atoms with Crippen LogP contribution in [0.4, 0.5) is 5.69 Å². The Morgan fingerprint density at radius 2 is 2.35 bits per heavy atom. The molecule has 0 saturated heterocycles. The Morgan fingerprint density at radius 1 is 1.65 bits per heavy atom. The molecule has 2 heterocycles. The molecule has 0 aromatic carbocycles. The van der Waals surface area contributed by atoms with Crippen molar-refractivity contribution in [1.29, 1.82) is 0 Å². The summed E-state index contributed by atoms with van der Waals surface area (Å²) in [5, 5.41) is 11.1. The number of pyridine rings is 1. The second kappa shape index (κ2) is 5.42. The SMILES string of the molecule is C=CC(=O)Oc1cnc2c(c1)N(O)C(C(C)C)C(=O)C2. The average molecular weight is 276 g/mol. The number of esters is 1. The number of fused-ring (bicyclic) bond motifs is 1. The molecule has 1 aliphatic rings. The van der Waals surface area contributed by atoms with Gasteiger partial charge in [0.1, 0.15) is 6.04 Å². The van der Waals surface area contributed by atoms with E-state index in [1.807, 2.05) is 13.8 Å². The summed E-state index contributed by atoms with van der Waals surface area (Å²) in [5.74, 6) is -0.536. The summed E-state index contributed by atoms with van der Waals surface area (Å²) in [6.45, 7) is 7.01. The maximum atomic E-state index is 12.0. The number of carbonyl (C=O) groups excluding carboxylic acids is 2. The van der Waals surface area contributed by atoms with Crippen molar-refractivity contribution in [2.45, 2.75) is 26.3 Å². The van der Waals surface area contributed by atoms with Crippen molar-refractivity contribution in [3.05, 3.63) is 30.6 Å². The van der Waals surface area contributed by atoms with Crippen molar-refractivity contribution in [2.24, 2.45) is 5.92 Å². The first-order chi connectivity index (χ1) is 9.43. The van der Waals surface area contributed by atoms with E-state index in [1.54, 1.807) is 0 Å². The zero-order valence-corrected chi connectivity index (χ0v) is 11.4. The van der Waals surface area contributed by atoms with Gasteiger partial charge in [-0.05, 0) is 5.92 Å². The first-order valence-electron chi connectivity index (χ1n) is 6.28. The van der Waals surface area contributed by atoms with Crippen LogP contribution in [0, 0.1) is 5.92 Å². The van der Waals surface area contributed by atoms with Crippen LogP contribution in [0.3, 0.4) is 0 Å². The van der Waals surface area contributed by atoms with Gasteiger partial charge in [-0.15, -0.1) is 0 Å². The Kier molecular flexibility index (Phi) is 3.85. The first kappa shape index (κ1) is 14.2. The molecular formula is C14H16N2O4. The third-order valence-corrected chi connectivity index (χ3v) is 3.12. The Balaban J connectivity index is 2.36. The second-order valence-electron chi connectivity index (χ2n) is 4.94. The van der Waals surface area contributed by atoms with Gasteiger partial charge >= 0.3 is 5.97 Å². The summed E-state index contributed by atoms with van der Waals surface area (Å²) in [6, 6.07) is 0.876. The molecule has 0 radical (unpaired) electrons. The molecule has 1 atom stereocenters. The second-order valence-corrected chi connectivity index (χ2v) is 4.94. The molecule has 2 rings (SSSR count). The summed E-state index contributed by atoms with van der Waals surface area (Å²) in [5.41, 5.74) is 0.852. The maximum absolute atomic E-state index is 12.0. The highest BCUT2D eigenvalue weighted by Gasteiger charge is 2.35. The molecule has 0 spiro atoms. The lowest BCUT2D eigenvalue weighted by molar-refractivity contribution is -0.129. The largest absolute Gasteiger partial charge is 0.422 e. The van der Waals surface area contributed by atoms with E-state index in [2.05, 4.69) is 11.6 Å². The van der Waals surface area contributed by atoms with Crippen LogP contribution in [0.1, 0.15) is 19.5 Å². The van der Waals surface area contributed by atoms with Crippen LogP contribution in [0.15, 0.2) is 24.9 Å². The number of aromatic nitrogens is 1. The van der Waals surface area contributed by atoms with Crippen molar-refractivity contribution in [3.63, 3.8) is 0 Å². The van der Waals surface area contributed by atoms with E-state index >= 15 is 0 Å². The van der Waals surface area contributed by atoms with Crippen molar-refractivity contribution in [2.75, 3.05) is 5.06 Å². The number of Topliss-reactive ketones (excluding diaryl/α,β-unsaturated/α-hetero) is 1. The lowest BCUT2D eigenvalue weighted by Crippen LogP contribution is -2.47. The molecule has 1 unspecified atom stereocenters. The molecular weight excluding hydrogens is 260 g/mol. The smallest absolute Gasteiger partial charge is 0.335 e. The minimum atomic E-state index is -0.616. The summed E-state index contributed by atoms with van der Waals surface area (Å²) in [6.07, 6.45) is 2.54. The van der Waals surface area contributed by atoms with Crippen LogP contribution in [-0.2, 0) is 16.0 Å². The monoisotopic (exact) mass is 276 g/mol. The number of anilines is 1. The lowest BCUT2D eigenvalue weighted by Gasteiger charge is -2.34. The van der Waals surface area contributed by atoms with E-state index in [-0.39, 0.29) is 23.9 Å². The fourth-order valence-electron chi connectivity index (χ4n) is 2.22. The molecule has 6 nitrogen and oxygen atoms in total. The minimum absolute atomic E-state index is 0.0416. The number of hydrogen-bond donors (Lipinski definition) is 1. The van der Waals surface area contributed by atoms with E-state index in [0.717, 1.165) is 11.1 Å². The van der Waals surface area contributed by atoms with Crippen LogP contribution < -0.4 is 9.80 Å². The summed E-state index contributed by atoms with van der Waals surface area (Å²) in [7, 11) is 0. The van der Waals surface area contributed by atoms with Gasteiger partial charge in [-0.3, -0.25) is 15.0 Å². The van der Waals surface area contributed by atoms with Crippen molar-refractivity contribution < 1.29 is 19.5 Å². The number of nitrogens with zero attached hydrogens (tertiary/aromatic N) is 2. The molecule has 0 amide bonds. The van der Waals surface area contributed by atoms with E-state index < -0.39 is 12.0 Å². The molecule has 0 aliphatic carbocycles. The van der Waals surface area contributed by atoms with Crippen LogP contribution in [0.2, 0.25) is 0 Å². The summed E-state index contributed by atoms with van der Waals surface area (Å²) in [4.78, 5) is 27.2. The summed E-state index contributed by atoms with van der Waals surface area (Å²) < 4.78 is 4.96. The fraction of sp³-hybridized carbons (Fsp3) is 0.357. The van der Waals surface area contributed by atoms with Crippen LogP contribution >= 0.6 is 0 Å². The Bertz CT molecular complexity index is 568. The van der Waals surface area contributed by atoms with Gasteiger partial charge in [0.05, 0.1) is 24.0 Å². The molecule has 1 aromatic rings. The maximum Gasteiger partial charge on any atom is 0.335 e. The van der Waals surface area contributed by atoms with Crippen molar-refractivity contribution in [3.8, 4) is 5.75 Å². The highest BCUT2D eigenvalue weighted by atomic mass is 16.5. The van der Waals surface area contributed by atoms with Gasteiger partial charge in [0.2, 0.25) is 0 Å². The van der Waals surface area contributed by atoms with E-state index in [1.165, 1.54) is 12.3 Å². The van der Waals surface area contributed by atoms with Gasteiger partial charge in [-0.2, -0.15) is 0 Å². The molecule has 1 aliphatic heterocycles. The highest BCUT2D eigenvalue weighted by molar-refractivity contribution is 5.92.